The molecule has 0 atom stereocenters. The van der Waals surface area contributed by atoms with Gasteiger partial charge in [-0.15, -0.1) is 0 Å². The fourth-order valence-electron chi connectivity index (χ4n) is 17.3. The van der Waals surface area contributed by atoms with Crippen LogP contribution in [0.25, 0.3) is 181 Å². The number of benzene rings is 16. The molecule has 0 fully saturated rings. The molecule has 2 heterocycles. The van der Waals surface area contributed by atoms with Crippen molar-refractivity contribution in [3.63, 3.8) is 0 Å². The number of fused-ring (bicyclic) bond motifs is 10. The summed E-state index contributed by atoms with van der Waals surface area (Å²) in [5, 5.41) is 14.8. The van der Waals surface area contributed by atoms with E-state index in [4.69, 9.17) is 0 Å². The average Bonchev–Trinajstić information content (AvgIpc) is 1.58. The first-order valence-electron chi connectivity index (χ1n) is 36.3. The normalized spacial score (nSPS) is 12.1. The summed E-state index contributed by atoms with van der Waals surface area (Å²) in [6.45, 7) is 18.7. The van der Waals surface area contributed by atoms with Crippen LogP contribution in [0.3, 0.4) is 0 Å². The summed E-state index contributed by atoms with van der Waals surface area (Å²) < 4.78 is 2.60. The molecule has 0 aliphatic carbocycles. The van der Waals surface area contributed by atoms with Crippen molar-refractivity contribution in [1.29, 1.82) is 0 Å². The van der Waals surface area contributed by atoms with Crippen LogP contribution in [0.5, 0.6) is 0 Å². The molecule has 0 spiro atoms. The summed E-state index contributed by atoms with van der Waals surface area (Å²) in [6.07, 6.45) is 0. The van der Waals surface area contributed by atoms with Crippen molar-refractivity contribution in [2.75, 3.05) is 0 Å². The van der Waals surface area contributed by atoms with Gasteiger partial charge in [-0.1, -0.05) is 304 Å². The number of aromatic nitrogens is 1. The minimum atomic E-state index is 0.380. The van der Waals surface area contributed by atoms with Gasteiger partial charge in [-0.2, -0.15) is 0 Å². The first-order valence-corrected chi connectivity index (χ1v) is 36.3. The van der Waals surface area contributed by atoms with E-state index in [1.165, 1.54) is 187 Å². The summed E-state index contributed by atoms with van der Waals surface area (Å²) in [5.74, 6) is 1.52. The van der Waals surface area contributed by atoms with Crippen molar-refractivity contribution in [1.82, 2.24) is 4.40 Å². The Kier molecular flexibility index (Phi) is 15.1. The van der Waals surface area contributed by atoms with Gasteiger partial charge in [-0.3, -0.25) is 0 Å². The standard InChI is InChI=1S/C100H79N/c1-60(2)76-40-25-41-77(61(3)4)94(76)70-48-46-68-58-92-88(54-72(68)50-70)90-56-75(57-91-89-55-73-51-71(49-47-69(73)59-93(89)101(92)100(90)91)95-78(62(5)6)42-26-43-79(95)63(7)8)74-52-86(66-32-17-11-18-33-66)99(87(53-74)67-34-19-12-20-35-67)98-84-38-23-21-36-82(84)97(83-37-22-24-39-85(83)98)96-80(64-28-13-9-14-29-64)44-27-45-81(96)65-30-15-10-16-31-65/h9-63H,1-8H3. The molecule has 0 saturated carbocycles. The van der Waals surface area contributed by atoms with Gasteiger partial charge in [0.2, 0.25) is 0 Å². The second-order valence-electron chi connectivity index (χ2n) is 29.3. The highest BCUT2D eigenvalue weighted by Crippen LogP contribution is 2.55. The third-order valence-electron chi connectivity index (χ3n) is 21.9. The molecular formula is C100H79N. The van der Waals surface area contributed by atoms with Gasteiger partial charge in [-0.25, -0.2) is 0 Å². The van der Waals surface area contributed by atoms with Crippen molar-refractivity contribution in [3.8, 4) is 100 Å². The highest BCUT2D eigenvalue weighted by molar-refractivity contribution is 6.29. The van der Waals surface area contributed by atoms with E-state index in [0.29, 0.717) is 23.7 Å². The van der Waals surface area contributed by atoms with Crippen LogP contribution >= 0.6 is 0 Å². The Hall–Kier alpha value is -11.6. The molecule has 18 aromatic rings. The Balaban J connectivity index is 0.937. The Morgan fingerprint density at radius 3 is 0.861 bits per heavy atom. The predicted molar refractivity (Wildman–Crippen MR) is 436 cm³/mol. The SMILES string of the molecule is CC(C)c1cccc(C(C)C)c1-c1ccc2cc3c(cc2c1)c1cc(-c2cc(-c4ccccc4)c(-c4c5ccccc5c(-c5c(-c6ccccc6)cccc5-c5ccccc5)c5ccccc45)c(-c4ccccc4)c2)cc2c4cc5cc(-c6c(C(C)C)cccc6C(C)C)ccc5cc4n3c12. The molecule has 2 aromatic heterocycles. The van der Waals surface area contributed by atoms with Crippen molar-refractivity contribution in [2.45, 2.75) is 79.1 Å². The second kappa shape index (κ2) is 24.7. The van der Waals surface area contributed by atoms with E-state index in [0.717, 1.165) is 16.7 Å². The Bertz CT molecular complexity index is 5860. The molecule has 0 saturated heterocycles. The molecule has 16 aromatic carbocycles. The van der Waals surface area contributed by atoms with Gasteiger partial charge >= 0.3 is 0 Å². The van der Waals surface area contributed by atoms with Crippen LogP contribution in [-0.2, 0) is 0 Å². The van der Waals surface area contributed by atoms with Gasteiger partial charge < -0.3 is 4.40 Å². The van der Waals surface area contributed by atoms with Crippen LogP contribution in [0, 0.1) is 0 Å². The van der Waals surface area contributed by atoms with E-state index >= 15 is 0 Å². The molecule has 0 unspecified atom stereocenters. The van der Waals surface area contributed by atoms with Crippen LogP contribution in [0.15, 0.2) is 309 Å². The molecule has 0 N–H and O–H groups in total. The zero-order valence-corrected chi connectivity index (χ0v) is 58.7. The van der Waals surface area contributed by atoms with Crippen molar-refractivity contribution in [3.05, 3.63) is 332 Å². The van der Waals surface area contributed by atoms with E-state index < -0.39 is 0 Å². The van der Waals surface area contributed by atoms with E-state index in [1.54, 1.807) is 0 Å². The lowest BCUT2D eigenvalue weighted by atomic mass is 9.78. The quantitative estimate of drug-likeness (QED) is 0.101. The van der Waals surface area contributed by atoms with Gasteiger partial charge in [0.25, 0.3) is 0 Å². The average molecular weight is 1290 g/mol. The molecule has 0 amide bonds. The first kappa shape index (κ1) is 61.7. The first-order chi connectivity index (χ1) is 49.4. The van der Waals surface area contributed by atoms with Crippen LogP contribution in [0.1, 0.15) is 101 Å². The maximum Gasteiger partial charge on any atom is 0.0620 e. The fourth-order valence-corrected chi connectivity index (χ4v) is 17.3. The molecule has 0 bridgehead atoms. The lowest BCUT2D eigenvalue weighted by molar-refractivity contribution is 0.838. The molecule has 1 nitrogen and oxygen atoms in total. The number of hydrogen-bond donors (Lipinski definition) is 0. The van der Waals surface area contributed by atoms with E-state index in [-0.39, 0.29) is 0 Å². The largest absolute Gasteiger partial charge is 0.308 e. The highest BCUT2D eigenvalue weighted by atomic mass is 14.9. The minimum absolute atomic E-state index is 0.380. The van der Waals surface area contributed by atoms with Crippen molar-refractivity contribution >= 4 is 81.2 Å². The zero-order valence-electron chi connectivity index (χ0n) is 58.7. The maximum atomic E-state index is 2.60. The Morgan fingerprint density at radius 2 is 0.505 bits per heavy atom. The molecule has 0 aliphatic rings. The summed E-state index contributed by atoms with van der Waals surface area (Å²) >= 11 is 0. The van der Waals surface area contributed by atoms with Crippen LogP contribution in [0.4, 0.5) is 0 Å². The van der Waals surface area contributed by atoms with Crippen molar-refractivity contribution < 1.29 is 0 Å². The molecule has 101 heavy (non-hydrogen) atoms. The van der Waals surface area contributed by atoms with Crippen molar-refractivity contribution in [2.24, 2.45) is 0 Å². The second-order valence-corrected chi connectivity index (χ2v) is 29.3. The molecule has 0 radical (unpaired) electrons. The number of nitrogens with zero attached hydrogens (tertiary/aromatic N) is 1. The summed E-state index contributed by atoms with van der Waals surface area (Å²) in [4.78, 5) is 0. The third-order valence-corrected chi connectivity index (χ3v) is 21.9. The molecule has 1 heteroatoms. The Morgan fingerprint density at radius 1 is 0.188 bits per heavy atom. The predicted octanol–water partition coefficient (Wildman–Crippen LogP) is 28.9. The minimum Gasteiger partial charge on any atom is -0.308 e. The highest BCUT2D eigenvalue weighted by Gasteiger charge is 2.28. The van der Waals surface area contributed by atoms with Gasteiger partial charge in [0.1, 0.15) is 0 Å². The number of rotatable bonds is 13. The molecule has 0 aliphatic heterocycles. The summed E-state index contributed by atoms with van der Waals surface area (Å²) in [5.41, 5.74) is 31.3. The van der Waals surface area contributed by atoms with Crippen LogP contribution in [-0.4, -0.2) is 4.40 Å². The topological polar surface area (TPSA) is 4.41 Å². The molecular weight excluding hydrogens is 1220 g/mol. The van der Waals surface area contributed by atoms with Crippen LogP contribution in [0.2, 0.25) is 0 Å². The van der Waals surface area contributed by atoms with E-state index in [1.807, 2.05) is 0 Å². The zero-order chi connectivity index (χ0) is 68.3. The molecule has 18 rings (SSSR count). The fraction of sp³-hybridized carbons (Fsp3) is 0.120. The van der Waals surface area contributed by atoms with Gasteiger partial charge in [0.15, 0.2) is 0 Å². The third kappa shape index (κ3) is 10.2. The maximum absolute atomic E-state index is 2.60. The van der Waals surface area contributed by atoms with E-state index in [2.05, 4.69) is 369 Å². The van der Waals surface area contributed by atoms with Gasteiger partial charge in [-0.05, 0) is 250 Å². The Labute approximate surface area is 592 Å². The summed E-state index contributed by atoms with van der Waals surface area (Å²) in [6, 6.07) is 118. The van der Waals surface area contributed by atoms with Crippen LogP contribution < -0.4 is 0 Å². The van der Waals surface area contributed by atoms with Gasteiger partial charge in [0, 0.05) is 21.5 Å². The van der Waals surface area contributed by atoms with Gasteiger partial charge in [0.05, 0.1) is 16.6 Å². The van der Waals surface area contributed by atoms with E-state index in [9.17, 15) is 0 Å². The summed E-state index contributed by atoms with van der Waals surface area (Å²) in [7, 11) is 0. The number of hydrogen-bond acceptors (Lipinski definition) is 0. The monoisotopic (exact) mass is 1290 g/mol. The lowest BCUT2D eigenvalue weighted by Crippen LogP contribution is -1.99. The molecule has 484 valence electrons. The lowest BCUT2D eigenvalue weighted by Gasteiger charge is -2.25. The smallest absolute Gasteiger partial charge is 0.0620 e.